The lowest BCUT2D eigenvalue weighted by molar-refractivity contribution is 0.0938. The van der Waals surface area contributed by atoms with E-state index in [4.69, 9.17) is 5.84 Å². The van der Waals surface area contributed by atoms with Gasteiger partial charge in [0.15, 0.2) is 0 Å². The van der Waals surface area contributed by atoms with Crippen LogP contribution in [0.2, 0.25) is 0 Å². The number of carbonyl (C=O) groups excluding carboxylic acids is 1. The molecule has 0 spiro atoms. The van der Waals surface area contributed by atoms with E-state index in [1.807, 2.05) is 31.2 Å². The van der Waals surface area contributed by atoms with Crippen LogP contribution in [0.15, 0.2) is 30.3 Å². The van der Waals surface area contributed by atoms with Crippen molar-refractivity contribution in [3.8, 4) is 0 Å². The van der Waals surface area contributed by atoms with Crippen molar-refractivity contribution in [2.24, 2.45) is 11.8 Å². The third kappa shape index (κ3) is 3.70. The molecular formula is C16H22N4O. The molecule has 1 atom stereocenters. The van der Waals surface area contributed by atoms with Crippen molar-refractivity contribution in [2.75, 3.05) is 5.43 Å². The number of para-hydroxylation sites is 1. The van der Waals surface area contributed by atoms with E-state index in [0.717, 1.165) is 17.3 Å². The monoisotopic (exact) mass is 286 g/mol. The van der Waals surface area contributed by atoms with Gasteiger partial charge in [0.1, 0.15) is 5.82 Å². The molecular weight excluding hydrogens is 264 g/mol. The number of rotatable bonds is 5. The van der Waals surface area contributed by atoms with Gasteiger partial charge in [-0.3, -0.25) is 4.79 Å². The molecule has 21 heavy (non-hydrogen) atoms. The highest BCUT2D eigenvalue weighted by Gasteiger charge is 2.15. The predicted octanol–water partition coefficient (Wildman–Crippen LogP) is 2.68. The van der Waals surface area contributed by atoms with Gasteiger partial charge in [0.25, 0.3) is 5.91 Å². The van der Waals surface area contributed by atoms with Gasteiger partial charge in [0.2, 0.25) is 0 Å². The zero-order valence-electron chi connectivity index (χ0n) is 12.7. The van der Waals surface area contributed by atoms with Gasteiger partial charge in [-0.1, -0.05) is 32.0 Å². The van der Waals surface area contributed by atoms with Crippen LogP contribution in [0.1, 0.15) is 37.6 Å². The Labute approximate surface area is 124 Å². The quantitative estimate of drug-likeness (QED) is 0.583. The molecule has 0 fully saturated rings. The molecule has 0 aliphatic heterocycles. The van der Waals surface area contributed by atoms with Crippen molar-refractivity contribution >= 4 is 22.6 Å². The Morgan fingerprint density at radius 3 is 2.67 bits per heavy atom. The molecule has 2 rings (SSSR count). The first-order valence-corrected chi connectivity index (χ1v) is 7.18. The van der Waals surface area contributed by atoms with E-state index in [1.54, 1.807) is 6.07 Å². The van der Waals surface area contributed by atoms with Gasteiger partial charge in [-0.25, -0.2) is 10.8 Å². The Bertz CT molecular complexity index is 639. The predicted molar refractivity (Wildman–Crippen MR) is 85.9 cm³/mol. The number of nitrogens with two attached hydrogens (primary N) is 1. The SMILES string of the molecule is CC(C)CC(C)NC(=O)c1cc(NN)nc2ccccc12. The summed E-state index contributed by atoms with van der Waals surface area (Å²) in [5, 5.41) is 3.86. The summed E-state index contributed by atoms with van der Waals surface area (Å²) in [6, 6.07) is 9.35. The largest absolute Gasteiger partial charge is 0.350 e. The molecule has 5 heteroatoms. The van der Waals surface area contributed by atoms with Crippen LogP contribution >= 0.6 is 0 Å². The number of fused-ring (bicyclic) bond motifs is 1. The zero-order valence-corrected chi connectivity index (χ0v) is 12.7. The number of hydrogen-bond donors (Lipinski definition) is 3. The third-order valence-electron chi connectivity index (χ3n) is 3.31. The number of pyridine rings is 1. The lowest BCUT2D eigenvalue weighted by atomic mass is 10.0. The maximum atomic E-state index is 12.5. The first-order valence-electron chi connectivity index (χ1n) is 7.18. The lowest BCUT2D eigenvalue weighted by Crippen LogP contribution is -2.33. The fourth-order valence-corrected chi connectivity index (χ4v) is 2.50. The number of anilines is 1. The number of carbonyl (C=O) groups is 1. The molecule has 1 unspecified atom stereocenters. The van der Waals surface area contributed by atoms with Gasteiger partial charge >= 0.3 is 0 Å². The van der Waals surface area contributed by atoms with Crippen LogP contribution in [0.25, 0.3) is 10.9 Å². The fourth-order valence-electron chi connectivity index (χ4n) is 2.50. The zero-order chi connectivity index (χ0) is 15.4. The number of amides is 1. The Morgan fingerprint density at radius 1 is 1.29 bits per heavy atom. The number of nitrogen functional groups attached to an aromatic ring is 1. The topological polar surface area (TPSA) is 80.0 Å². The average Bonchev–Trinajstić information content (AvgIpc) is 2.44. The normalized spacial score (nSPS) is 12.4. The molecule has 1 aromatic heterocycles. The van der Waals surface area contributed by atoms with Gasteiger partial charge < -0.3 is 10.7 Å². The molecule has 112 valence electrons. The van der Waals surface area contributed by atoms with E-state index in [2.05, 4.69) is 29.6 Å². The van der Waals surface area contributed by atoms with Crippen molar-refractivity contribution in [3.63, 3.8) is 0 Å². The highest BCUT2D eigenvalue weighted by molar-refractivity contribution is 6.07. The Hall–Kier alpha value is -2.14. The molecule has 2 aromatic rings. The second-order valence-corrected chi connectivity index (χ2v) is 5.72. The van der Waals surface area contributed by atoms with Crippen LogP contribution in [0, 0.1) is 5.92 Å². The van der Waals surface area contributed by atoms with Gasteiger partial charge in [-0.2, -0.15) is 0 Å². The molecule has 0 aliphatic rings. The highest BCUT2D eigenvalue weighted by Crippen LogP contribution is 2.20. The second-order valence-electron chi connectivity index (χ2n) is 5.72. The first-order chi connectivity index (χ1) is 10.0. The van der Waals surface area contributed by atoms with E-state index < -0.39 is 0 Å². The molecule has 0 saturated carbocycles. The fraction of sp³-hybridized carbons (Fsp3) is 0.375. The number of nitrogens with zero attached hydrogens (tertiary/aromatic N) is 1. The lowest BCUT2D eigenvalue weighted by Gasteiger charge is -2.17. The molecule has 5 nitrogen and oxygen atoms in total. The number of hydrazine groups is 1. The molecule has 0 radical (unpaired) electrons. The average molecular weight is 286 g/mol. The van der Waals surface area contributed by atoms with E-state index in [0.29, 0.717) is 17.3 Å². The molecule has 1 amide bonds. The van der Waals surface area contributed by atoms with Gasteiger partial charge in [0.05, 0.1) is 11.1 Å². The van der Waals surface area contributed by atoms with Gasteiger partial charge in [-0.15, -0.1) is 0 Å². The summed E-state index contributed by atoms with van der Waals surface area (Å²) < 4.78 is 0. The Kier molecular flexibility index (Phi) is 4.75. The van der Waals surface area contributed by atoms with Gasteiger partial charge in [-0.05, 0) is 31.4 Å². The van der Waals surface area contributed by atoms with E-state index in [-0.39, 0.29) is 11.9 Å². The van der Waals surface area contributed by atoms with E-state index >= 15 is 0 Å². The van der Waals surface area contributed by atoms with Crippen molar-refractivity contribution in [2.45, 2.75) is 33.2 Å². The molecule has 1 aromatic carbocycles. The van der Waals surface area contributed by atoms with Crippen molar-refractivity contribution in [1.82, 2.24) is 10.3 Å². The molecule has 1 heterocycles. The smallest absolute Gasteiger partial charge is 0.252 e. The summed E-state index contributed by atoms with van der Waals surface area (Å²) in [4.78, 5) is 16.9. The minimum absolute atomic E-state index is 0.0988. The standard InChI is InChI=1S/C16H22N4O/c1-10(2)8-11(3)18-16(21)13-9-15(20-17)19-14-7-5-4-6-12(13)14/h4-7,9-11H,8,17H2,1-3H3,(H,18,21)(H,19,20). The van der Waals surface area contributed by atoms with Crippen LogP contribution in [0.3, 0.4) is 0 Å². The number of benzene rings is 1. The summed E-state index contributed by atoms with van der Waals surface area (Å²) in [6.07, 6.45) is 0.941. The first kappa shape index (κ1) is 15.3. The Balaban J connectivity index is 2.33. The van der Waals surface area contributed by atoms with Crippen LogP contribution in [-0.2, 0) is 0 Å². The van der Waals surface area contributed by atoms with Crippen LogP contribution < -0.4 is 16.6 Å². The van der Waals surface area contributed by atoms with E-state index in [1.165, 1.54) is 0 Å². The maximum absolute atomic E-state index is 12.5. The highest BCUT2D eigenvalue weighted by atomic mass is 16.1. The van der Waals surface area contributed by atoms with Crippen molar-refractivity contribution in [3.05, 3.63) is 35.9 Å². The number of nitrogens with one attached hydrogen (secondary N) is 2. The summed E-state index contributed by atoms with van der Waals surface area (Å²) in [6.45, 7) is 6.30. The third-order valence-corrected chi connectivity index (χ3v) is 3.31. The second kappa shape index (κ2) is 6.54. The maximum Gasteiger partial charge on any atom is 0.252 e. The molecule has 0 saturated heterocycles. The summed E-state index contributed by atoms with van der Waals surface area (Å²) in [5.74, 6) is 6.35. The summed E-state index contributed by atoms with van der Waals surface area (Å²) in [7, 11) is 0. The molecule has 4 N–H and O–H groups in total. The van der Waals surface area contributed by atoms with Gasteiger partial charge in [0, 0.05) is 11.4 Å². The minimum Gasteiger partial charge on any atom is -0.350 e. The van der Waals surface area contributed by atoms with Crippen LogP contribution in [0.5, 0.6) is 0 Å². The van der Waals surface area contributed by atoms with Crippen molar-refractivity contribution in [1.29, 1.82) is 0 Å². The Morgan fingerprint density at radius 2 is 2.00 bits per heavy atom. The molecule has 0 bridgehead atoms. The van der Waals surface area contributed by atoms with Crippen molar-refractivity contribution < 1.29 is 4.79 Å². The van der Waals surface area contributed by atoms with E-state index in [9.17, 15) is 4.79 Å². The number of aromatic nitrogens is 1. The summed E-state index contributed by atoms with van der Waals surface area (Å²) in [5.41, 5.74) is 3.84. The number of hydrogen-bond acceptors (Lipinski definition) is 4. The van der Waals surface area contributed by atoms with Crippen LogP contribution in [-0.4, -0.2) is 16.9 Å². The molecule has 0 aliphatic carbocycles. The minimum atomic E-state index is -0.0988. The van der Waals surface area contributed by atoms with Crippen LogP contribution in [0.4, 0.5) is 5.82 Å². The summed E-state index contributed by atoms with van der Waals surface area (Å²) >= 11 is 0.